The van der Waals surface area contributed by atoms with Gasteiger partial charge in [-0.25, -0.2) is 0 Å². The molecule has 0 radical (unpaired) electrons. The second kappa shape index (κ2) is 6.32. The molecule has 0 aromatic carbocycles. The summed E-state index contributed by atoms with van der Waals surface area (Å²) < 4.78 is 4.93. The Balaban J connectivity index is 2.60. The summed E-state index contributed by atoms with van der Waals surface area (Å²) in [5, 5.41) is 0. The summed E-state index contributed by atoms with van der Waals surface area (Å²) in [6, 6.07) is 3.41. The summed E-state index contributed by atoms with van der Waals surface area (Å²) >= 11 is 0. The third-order valence-electron chi connectivity index (χ3n) is 2.39. The molecule has 5 nitrogen and oxygen atoms in total. The van der Waals surface area contributed by atoms with Crippen LogP contribution in [0.25, 0.3) is 0 Å². The fourth-order valence-electron chi connectivity index (χ4n) is 1.52. The van der Waals surface area contributed by atoms with Crippen LogP contribution in [0, 0.1) is 6.92 Å². The predicted octanol–water partition coefficient (Wildman–Crippen LogP) is 0.436. The minimum atomic E-state index is -0.174. The number of nitrogens with zero attached hydrogens (tertiary/aromatic N) is 2. The van der Waals surface area contributed by atoms with Crippen molar-refractivity contribution in [2.24, 2.45) is 5.73 Å². The molecule has 1 unspecified atom stereocenters. The van der Waals surface area contributed by atoms with E-state index in [4.69, 9.17) is 10.5 Å². The number of hydrogen-bond donors (Lipinski definition) is 1. The Bertz CT molecular complexity index is 365. The van der Waals surface area contributed by atoms with E-state index in [-0.39, 0.29) is 11.9 Å². The van der Waals surface area contributed by atoms with Gasteiger partial charge >= 0.3 is 0 Å². The van der Waals surface area contributed by atoms with Crippen molar-refractivity contribution >= 4 is 5.91 Å². The van der Waals surface area contributed by atoms with Crippen molar-refractivity contribution in [1.29, 1.82) is 0 Å². The quantitative estimate of drug-likeness (QED) is 0.806. The molecule has 0 spiro atoms. The average Bonchev–Trinajstić information content (AvgIpc) is 2.29. The molecule has 1 heterocycles. The number of amides is 1. The average molecular weight is 237 g/mol. The number of aryl methyl sites for hydroxylation is 1. The third kappa shape index (κ3) is 4.13. The maximum atomic E-state index is 12.0. The summed E-state index contributed by atoms with van der Waals surface area (Å²) in [6.07, 6.45) is 1.58. The van der Waals surface area contributed by atoms with Crippen LogP contribution in [0.1, 0.15) is 16.1 Å². The fourth-order valence-corrected chi connectivity index (χ4v) is 1.52. The Kier molecular flexibility index (Phi) is 5.06. The van der Waals surface area contributed by atoms with Gasteiger partial charge in [0.2, 0.25) is 0 Å². The predicted molar refractivity (Wildman–Crippen MR) is 65.8 cm³/mol. The van der Waals surface area contributed by atoms with Gasteiger partial charge in [0, 0.05) is 38.6 Å². The fraction of sp³-hybridized carbons (Fsp3) is 0.500. The number of methoxy groups -OCH3 is 1. The van der Waals surface area contributed by atoms with E-state index in [1.54, 1.807) is 31.3 Å². The first-order valence-electron chi connectivity index (χ1n) is 5.47. The molecule has 17 heavy (non-hydrogen) atoms. The van der Waals surface area contributed by atoms with Crippen LogP contribution < -0.4 is 5.73 Å². The van der Waals surface area contributed by atoms with Crippen molar-refractivity contribution in [3.63, 3.8) is 0 Å². The lowest BCUT2D eigenvalue weighted by atomic mass is 10.2. The summed E-state index contributed by atoms with van der Waals surface area (Å²) in [7, 11) is 3.31. The number of hydrogen-bond acceptors (Lipinski definition) is 4. The Morgan fingerprint density at radius 2 is 2.29 bits per heavy atom. The highest BCUT2D eigenvalue weighted by atomic mass is 16.5. The van der Waals surface area contributed by atoms with Crippen LogP contribution in [-0.4, -0.2) is 49.1 Å². The maximum Gasteiger partial charge on any atom is 0.255 e. The van der Waals surface area contributed by atoms with Gasteiger partial charge in [-0.1, -0.05) is 0 Å². The zero-order chi connectivity index (χ0) is 12.8. The van der Waals surface area contributed by atoms with Crippen LogP contribution in [0.5, 0.6) is 0 Å². The molecule has 1 rings (SSSR count). The number of likely N-dealkylation sites (N-methyl/N-ethyl adjacent to an activating group) is 1. The van der Waals surface area contributed by atoms with E-state index in [9.17, 15) is 4.79 Å². The number of ether oxygens (including phenoxy) is 1. The van der Waals surface area contributed by atoms with E-state index in [2.05, 4.69) is 4.98 Å². The Morgan fingerprint density at radius 3 is 2.82 bits per heavy atom. The van der Waals surface area contributed by atoms with E-state index in [1.165, 1.54) is 0 Å². The summed E-state index contributed by atoms with van der Waals surface area (Å²) in [4.78, 5) is 17.7. The third-order valence-corrected chi connectivity index (χ3v) is 2.39. The molecular weight excluding hydrogens is 218 g/mol. The molecule has 1 amide bonds. The highest BCUT2D eigenvalue weighted by molar-refractivity contribution is 5.93. The van der Waals surface area contributed by atoms with Gasteiger partial charge in [0.25, 0.3) is 5.91 Å². The zero-order valence-electron chi connectivity index (χ0n) is 10.5. The lowest BCUT2D eigenvalue weighted by molar-refractivity contribution is 0.0764. The smallest absolute Gasteiger partial charge is 0.255 e. The number of nitrogens with two attached hydrogens (primary N) is 1. The van der Waals surface area contributed by atoms with Gasteiger partial charge in [0.15, 0.2) is 0 Å². The molecule has 0 fully saturated rings. The first-order valence-corrected chi connectivity index (χ1v) is 5.47. The van der Waals surface area contributed by atoms with Crippen molar-refractivity contribution in [3.05, 3.63) is 29.6 Å². The lowest BCUT2D eigenvalue weighted by Gasteiger charge is -2.21. The first-order chi connectivity index (χ1) is 8.04. The second-order valence-corrected chi connectivity index (χ2v) is 4.09. The Labute approximate surface area is 102 Å². The second-order valence-electron chi connectivity index (χ2n) is 4.09. The summed E-state index contributed by atoms with van der Waals surface area (Å²) in [5.41, 5.74) is 7.25. The zero-order valence-corrected chi connectivity index (χ0v) is 10.5. The molecule has 94 valence electrons. The van der Waals surface area contributed by atoms with Gasteiger partial charge in [-0.05, 0) is 19.1 Å². The molecule has 0 saturated heterocycles. The molecule has 2 N–H and O–H groups in total. The van der Waals surface area contributed by atoms with Crippen molar-refractivity contribution < 1.29 is 9.53 Å². The molecule has 1 aromatic rings. The van der Waals surface area contributed by atoms with Crippen LogP contribution in [0.2, 0.25) is 0 Å². The van der Waals surface area contributed by atoms with E-state index < -0.39 is 0 Å². The largest absolute Gasteiger partial charge is 0.383 e. The number of aromatic nitrogens is 1. The molecule has 0 aliphatic rings. The topological polar surface area (TPSA) is 68.5 Å². The summed E-state index contributed by atoms with van der Waals surface area (Å²) in [5.74, 6) is -0.0796. The Morgan fingerprint density at radius 1 is 1.59 bits per heavy atom. The van der Waals surface area contributed by atoms with E-state index in [1.807, 2.05) is 13.0 Å². The van der Waals surface area contributed by atoms with Gasteiger partial charge in [0.1, 0.15) is 0 Å². The number of carbonyl (C=O) groups excluding carboxylic acids is 1. The SMILES string of the molecule is COCC(N)CN(C)C(=O)c1ccc(C)nc1. The molecule has 0 aliphatic heterocycles. The first kappa shape index (κ1) is 13.6. The maximum absolute atomic E-state index is 12.0. The van der Waals surface area contributed by atoms with Gasteiger partial charge < -0.3 is 15.4 Å². The highest BCUT2D eigenvalue weighted by Crippen LogP contribution is 2.03. The van der Waals surface area contributed by atoms with Crippen molar-refractivity contribution in [3.8, 4) is 0 Å². The molecule has 5 heteroatoms. The van der Waals surface area contributed by atoms with Crippen molar-refractivity contribution in [2.45, 2.75) is 13.0 Å². The van der Waals surface area contributed by atoms with E-state index in [0.29, 0.717) is 18.7 Å². The number of rotatable bonds is 5. The molecular formula is C12H19N3O2. The number of pyridine rings is 1. The van der Waals surface area contributed by atoms with Crippen LogP contribution in [0.4, 0.5) is 0 Å². The van der Waals surface area contributed by atoms with Crippen LogP contribution in [-0.2, 0) is 4.74 Å². The van der Waals surface area contributed by atoms with Gasteiger partial charge in [-0.3, -0.25) is 9.78 Å². The minimum Gasteiger partial charge on any atom is -0.383 e. The normalized spacial score (nSPS) is 12.2. The molecule has 1 atom stereocenters. The summed E-state index contributed by atoms with van der Waals surface area (Å²) in [6.45, 7) is 2.77. The van der Waals surface area contributed by atoms with Crippen molar-refractivity contribution in [1.82, 2.24) is 9.88 Å². The lowest BCUT2D eigenvalue weighted by Crippen LogP contribution is -2.41. The van der Waals surface area contributed by atoms with Crippen molar-refractivity contribution in [2.75, 3.05) is 27.3 Å². The molecule has 1 aromatic heterocycles. The molecule has 0 aliphatic carbocycles. The monoisotopic (exact) mass is 237 g/mol. The van der Waals surface area contributed by atoms with Crippen LogP contribution >= 0.6 is 0 Å². The van der Waals surface area contributed by atoms with Gasteiger partial charge in [0.05, 0.1) is 12.2 Å². The van der Waals surface area contributed by atoms with E-state index in [0.717, 1.165) is 5.69 Å². The van der Waals surface area contributed by atoms with E-state index >= 15 is 0 Å². The standard InChI is InChI=1S/C12H19N3O2/c1-9-4-5-10(6-14-9)12(16)15(2)7-11(13)8-17-3/h4-6,11H,7-8,13H2,1-3H3. The van der Waals surface area contributed by atoms with Gasteiger partial charge in [-0.15, -0.1) is 0 Å². The number of carbonyl (C=O) groups is 1. The minimum absolute atomic E-state index is 0.0796. The van der Waals surface area contributed by atoms with Crippen LogP contribution in [0.15, 0.2) is 18.3 Å². The molecule has 0 bridgehead atoms. The molecule has 0 saturated carbocycles. The highest BCUT2D eigenvalue weighted by Gasteiger charge is 2.14. The van der Waals surface area contributed by atoms with Gasteiger partial charge in [-0.2, -0.15) is 0 Å². The van der Waals surface area contributed by atoms with Crippen LogP contribution in [0.3, 0.4) is 0 Å². The Hall–Kier alpha value is -1.46.